The molecule has 90 valence electrons. The number of hydrogen-bond acceptors (Lipinski definition) is 5. The number of thioether (sulfide) groups is 1. The molecule has 0 aromatic heterocycles. The van der Waals surface area contributed by atoms with Gasteiger partial charge in [-0.25, -0.2) is 18.5 Å². The monoisotopic (exact) mass is 271 g/mol. The van der Waals surface area contributed by atoms with Crippen LogP contribution in [-0.4, -0.2) is 25.2 Å². The van der Waals surface area contributed by atoms with Gasteiger partial charge in [0.25, 0.3) is 0 Å². The van der Waals surface area contributed by atoms with E-state index in [-0.39, 0.29) is 10.8 Å². The first kappa shape index (κ1) is 12.1. The molecule has 0 unspecified atom stereocenters. The number of carbonyl (C=O) groups excluding carboxylic acids is 1. The highest BCUT2D eigenvalue weighted by molar-refractivity contribution is 8.15. The predicted molar refractivity (Wildman–Crippen MR) is 65.5 cm³/mol. The summed E-state index contributed by atoms with van der Waals surface area (Å²) < 4.78 is 22.3. The fourth-order valence-electron chi connectivity index (χ4n) is 1.23. The van der Waals surface area contributed by atoms with E-state index in [0.29, 0.717) is 16.6 Å². The SMILES string of the molecule is NS(=O)(=O)c1cccc(N=C2NC(=O)CS2)c1. The van der Waals surface area contributed by atoms with Crippen molar-refractivity contribution >= 4 is 38.5 Å². The summed E-state index contributed by atoms with van der Waals surface area (Å²) in [5.41, 5.74) is 0.432. The van der Waals surface area contributed by atoms with Crippen LogP contribution in [-0.2, 0) is 14.8 Å². The molecule has 3 N–H and O–H groups in total. The Hall–Kier alpha value is -1.38. The van der Waals surface area contributed by atoms with Crippen molar-refractivity contribution in [1.29, 1.82) is 0 Å². The van der Waals surface area contributed by atoms with Gasteiger partial charge in [-0.3, -0.25) is 4.79 Å². The van der Waals surface area contributed by atoms with Crippen LogP contribution in [0.3, 0.4) is 0 Å². The summed E-state index contributed by atoms with van der Waals surface area (Å²) in [6, 6.07) is 5.92. The molecular formula is C9H9N3O3S2. The molecule has 0 bridgehead atoms. The van der Waals surface area contributed by atoms with Gasteiger partial charge in [0, 0.05) is 0 Å². The van der Waals surface area contributed by atoms with Gasteiger partial charge in [0.2, 0.25) is 15.9 Å². The van der Waals surface area contributed by atoms with Gasteiger partial charge < -0.3 is 5.32 Å². The third-order valence-electron chi connectivity index (χ3n) is 1.96. The van der Waals surface area contributed by atoms with E-state index in [1.54, 1.807) is 12.1 Å². The van der Waals surface area contributed by atoms with Crippen LogP contribution < -0.4 is 10.5 Å². The second-order valence-electron chi connectivity index (χ2n) is 3.30. The van der Waals surface area contributed by atoms with Crippen LogP contribution in [0.2, 0.25) is 0 Å². The third-order valence-corrected chi connectivity index (χ3v) is 3.75. The first-order valence-electron chi connectivity index (χ1n) is 4.59. The van der Waals surface area contributed by atoms with Crippen LogP contribution in [0, 0.1) is 0 Å². The molecule has 1 aromatic rings. The lowest BCUT2D eigenvalue weighted by Gasteiger charge is -2.00. The Kier molecular flexibility index (Phi) is 3.18. The molecule has 6 nitrogen and oxygen atoms in total. The van der Waals surface area contributed by atoms with E-state index < -0.39 is 10.0 Å². The number of nitrogens with one attached hydrogen (secondary N) is 1. The molecule has 0 radical (unpaired) electrons. The van der Waals surface area contributed by atoms with Crippen molar-refractivity contribution in [2.45, 2.75) is 4.90 Å². The number of nitrogens with zero attached hydrogens (tertiary/aromatic N) is 1. The Labute approximate surface area is 102 Å². The second-order valence-corrected chi connectivity index (χ2v) is 5.82. The van der Waals surface area contributed by atoms with Crippen molar-refractivity contribution in [2.75, 3.05) is 5.75 Å². The Bertz CT molecular complexity index is 595. The fraction of sp³-hybridized carbons (Fsp3) is 0.111. The van der Waals surface area contributed by atoms with Crippen LogP contribution in [0.1, 0.15) is 0 Å². The predicted octanol–water partition coefficient (Wildman–Crippen LogP) is 0.185. The first-order chi connectivity index (χ1) is 7.95. The highest BCUT2D eigenvalue weighted by Gasteiger charge is 2.16. The van der Waals surface area contributed by atoms with Crippen LogP contribution in [0.15, 0.2) is 34.2 Å². The molecule has 1 heterocycles. The molecule has 0 spiro atoms. The summed E-state index contributed by atoms with van der Waals surface area (Å²) in [5.74, 6) is 0.213. The number of rotatable bonds is 2. The minimum atomic E-state index is -3.73. The molecule has 1 amide bonds. The molecule has 1 fully saturated rings. The minimum Gasteiger partial charge on any atom is -0.304 e. The van der Waals surface area contributed by atoms with Gasteiger partial charge in [-0.2, -0.15) is 0 Å². The van der Waals surface area contributed by atoms with Crippen LogP contribution in [0.25, 0.3) is 0 Å². The van der Waals surface area contributed by atoms with Gasteiger partial charge in [0.05, 0.1) is 16.3 Å². The minimum absolute atomic E-state index is 0.00586. The summed E-state index contributed by atoms with van der Waals surface area (Å²) in [6.45, 7) is 0. The molecular weight excluding hydrogens is 262 g/mol. The third kappa shape index (κ3) is 3.05. The van der Waals surface area contributed by atoms with Crippen LogP contribution in [0.4, 0.5) is 5.69 Å². The van der Waals surface area contributed by atoms with Gasteiger partial charge >= 0.3 is 0 Å². The zero-order valence-corrected chi connectivity index (χ0v) is 10.2. The summed E-state index contributed by atoms with van der Waals surface area (Å²) in [4.78, 5) is 15.0. The molecule has 1 saturated heterocycles. The summed E-state index contributed by atoms with van der Waals surface area (Å²) in [7, 11) is -3.73. The van der Waals surface area contributed by atoms with Gasteiger partial charge in [0.15, 0.2) is 5.17 Å². The number of amides is 1. The van der Waals surface area contributed by atoms with Crippen LogP contribution >= 0.6 is 11.8 Å². The number of amidine groups is 1. The van der Waals surface area contributed by atoms with E-state index in [1.165, 1.54) is 23.9 Å². The number of aliphatic imine (C=N–C) groups is 1. The largest absolute Gasteiger partial charge is 0.304 e. The number of hydrogen-bond donors (Lipinski definition) is 2. The maximum atomic E-state index is 11.1. The molecule has 17 heavy (non-hydrogen) atoms. The van der Waals surface area contributed by atoms with Crippen molar-refractivity contribution in [2.24, 2.45) is 10.1 Å². The van der Waals surface area contributed by atoms with E-state index in [4.69, 9.17) is 5.14 Å². The lowest BCUT2D eigenvalue weighted by atomic mass is 10.3. The smallest absolute Gasteiger partial charge is 0.238 e. The average Bonchev–Trinajstić information content (AvgIpc) is 2.63. The van der Waals surface area contributed by atoms with E-state index in [1.807, 2.05) is 0 Å². The molecule has 1 aromatic carbocycles. The van der Waals surface area contributed by atoms with Crippen molar-refractivity contribution in [1.82, 2.24) is 5.32 Å². The van der Waals surface area contributed by atoms with Gasteiger partial charge in [-0.1, -0.05) is 17.8 Å². The van der Waals surface area contributed by atoms with Crippen LogP contribution in [0.5, 0.6) is 0 Å². The van der Waals surface area contributed by atoms with Gasteiger partial charge in [0.1, 0.15) is 0 Å². The molecule has 0 atom stereocenters. The zero-order chi connectivity index (χ0) is 12.5. The fourth-order valence-corrected chi connectivity index (χ4v) is 2.48. The zero-order valence-electron chi connectivity index (χ0n) is 8.58. The van der Waals surface area contributed by atoms with E-state index in [0.717, 1.165) is 0 Å². The quantitative estimate of drug-likeness (QED) is 0.801. The van der Waals surface area contributed by atoms with E-state index >= 15 is 0 Å². The second kappa shape index (κ2) is 4.47. The molecule has 1 aliphatic heterocycles. The maximum absolute atomic E-state index is 11.1. The Morgan fingerprint density at radius 3 is 2.76 bits per heavy atom. The first-order valence-corrected chi connectivity index (χ1v) is 7.12. The van der Waals surface area contributed by atoms with Gasteiger partial charge in [-0.15, -0.1) is 0 Å². The molecule has 1 aliphatic rings. The van der Waals surface area contributed by atoms with Crippen molar-refractivity contribution < 1.29 is 13.2 Å². The number of benzene rings is 1. The average molecular weight is 271 g/mol. The molecule has 0 saturated carbocycles. The summed E-state index contributed by atoms with van der Waals surface area (Å²) >= 11 is 1.27. The molecule has 2 rings (SSSR count). The topological polar surface area (TPSA) is 102 Å². The van der Waals surface area contributed by atoms with E-state index in [9.17, 15) is 13.2 Å². The molecule has 0 aliphatic carbocycles. The highest BCUT2D eigenvalue weighted by Crippen LogP contribution is 2.20. The Morgan fingerprint density at radius 2 is 2.18 bits per heavy atom. The Balaban J connectivity index is 2.32. The van der Waals surface area contributed by atoms with Gasteiger partial charge in [-0.05, 0) is 18.2 Å². The van der Waals surface area contributed by atoms with Crippen molar-refractivity contribution in [3.63, 3.8) is 0 Å². The number of nitrogens with two attached hydrogens (primary N) is 1. The molecule has 8 heteroatoms. The highest BCUT2D eigenvalue weighted by atomic mass is 32.2. The van der Waals surface area contributed by atoms with E-state index in [2.05, 4.69) is 10.3 Å². The maximum Gasteiger partial charge on any atom is 0.238 e. The normalized spacial score (nSPS) is 18.4. The standard InChI is InChI=1S/C9H9N3O3S2/c10-17(14,15)7-3-1-2-6(4-7)11-9-12-8(13)5-16-9/h1-4H,5H2,(H2,10,14,15)(H,11,12,13). The number of primary sulfonamides is 1. The number of carbonyl (C=O) groups is 1. The summed E-state index contributed by atoms with van der Waals surface area (Å²) in [6.07, 6.45) is 0. The van der Waals surface area contributed by atoms with Crippen molar-refractivity contribution in [3.8, 4) is 0 Å². The lowest BCUT2D eigenvalue weighted by molar-refractivity contribution is -0.116. The van der Waals surface area contributed by atoms with Crippen molar-refractivity contribution in [3.05, 3.63) is 24.3 Å². The Morgan fingerprint density at radius 1 is 1.41 bits per heavy atom. The summed E-state index contributed by atoms with van der Waals surface area (Å²) in [5, 5.41) is 8.02. The number of sulfonamides is 1. The lowest BCUT2D eigenvalue weighted by Crippen LogP contribution is -2.19.